The van der Waals surface area contributed by atoms with Crippen LogP contribution in [0, 0.1) is 0 Å². The van der Waals surface area contributed by atoms with E-state index in [0.717, 1.165) is 5.56 Å². The number of benzene rings is 2. The predicted octanol–water partition coefficient (Wildman–Crippen LogP) is 4.21. The third-order valence-electron chi connectivity index (χ3n) is 4.34. The number of hydrogen-bond acceptors (Lipinski definition) is 5. The van der Waals surface area contributed by atoms with E-state index >= 15 is 0 Å². The normalized spacial score (nSPS) is 15.9. The third-order valence-corrected chi connectivity index (χ3v) is 4.34. The van der Waals surface area contributed by atoms with E-state index in [9.17, 15) is 9.59 Å². The molecule has 1 aliphatic heterocycles. The van der Waals surface area contributed by atoms with Gasteiger partial charge in [0.25, 0.3) is 0 Å². The van der Waals surface area contributed by atoms with Gasteiger partial charge in [0, 0.05) is 0 Å². The van der Waals surface area contributed by atoms with Gasteiger partial charge in [0.15, 0.2) is 0 Å². The second kappa shape index (κ2) is 9.55. The molecule has 2 aromatic rings. The van der Waals surface area contributed by atoms with E-state index in [1.165, 1.54) is 0 Å². The zero-order valence-electron chi connectivity index (χ0n) is 15.5. The molecule has 144 valence electrons. The molecule has 0 N–H and O–H groups in total. The lowest BCUT2D eigenvalue weighted by Crippen LogP contribution is -2.17. The number of carbonyl (C=O) groups is 2. The molecule has 0 aromatic heterocycles. The average molecular weight is 378 g/mol. The lowest BCUT2D eigenvalue weighted by Gasteiger charge is -2.13. The van der Waals surface area contributed by atoms with Crippen molar-refractivity contribution in [1.29, 1.82) is 0 Å². The molecule has 28 heavy (non-hydrogen) atoms. The highest BCUT2D eigenvalue weighted by atomic mass is 16.6. The van der Waals surface area contributed by atoms with Crippen molar-refractivity contribution >= 4 is 11.9 Å². The Labute approximate surface area is 164 Å². The van der Waals surface area contributed by atoms with Crippen LogP contribution in [0.15, 0.2) is 84.7 Å². The summed E-state index contributed by atoms with van der Waals surface area (Å²) in [5, 5.41) is 0. The van der Waals surface area contributed by atoms with Crippen LogP contribution in [-0.2, 0) is 25.6 Å². The summed E-state index contributed by atoms with van der Waals surface area (Å²) in [5.41, 5.74) is 1.92. The number of ether oxygens (including phenoxy) is 3. The van der Waals surface area contributed by atoms with E-state index in [-0.39, 0.29) is 19.0 Å². The third kappa shape index (κ3) is 4.88. The minimum absolute atomic E-state index is 0.0641. The molecule has 2 aromatic carbocycles. The Balaban J connectivity index is 1.74. The van der Waals surface area contributed by atoms with Crippen LogP contribution in [0.25, 0.3) is 0 Å². The largest absolute Gasteiger partial charge is 0.482 e. The van der Waals surface area contributed by atoms with Crippen molar-refractivity contribution in [2.45, 2.75) is 25.6 Å². The van der Waals surface area contributed by atoms with Crippen molar-refractivity contribution < 1.29 is 23.8 Å². The molecule has 0 saturated heterocycles. The predicted molar refractivity (Wildman–Crippen MR) is 104 cm³/mol. The molecule has 0 bridgehead atoms. The van der Waals surface area contributed by atoms with Crippen molar-refractivity contribution in [1.82, 2.24) is 0 Å². The number of hydrogen-bond donors (Lipinski definition) is 0. The molecule has 5 heteroatoms. The smallest absolute Gasteiger partial charge is 0.374 e. The maximum atomic E-state index is 12.3. The van der Waals surface area contributed by atoms with Gasteiger partial charge in [0.2, 0.25) is 5.76 Å². The van der Waals surface area contributed by atoms with Gasteiger partial charge in [-0.1, -0.05) is 54.6 Å². The summed E-state index contributed by atoms with van der Waals surface area (Å²) in [4.78, 5) is 24.6. The standard InChI is InChI=1S/C23H22O5/c1-2-3-14-20-19(16-27-22(24)18-12-8-5-9-13-18)21(23(25)28-20)26-15-17-10-6-4-7-11-17/h2,4-13,20H,1,3,14-16H2. The average Bonchev–Trinajstić information content (AvgIpc) is 3.04. The highest BCUT2D eigenvalue weighted by Crippen LogP contribution is 2.28. The SMILES string of the molecule is C=CCCC1OC(=O)C(OCc2ccccc2)=C1COC(=O)c1ccccc1. The van der Waals surface area contributed by atoms with Crippen molar-refractivity contribution in [2.24, 2.45) is 0 Å². The summed E-state index contributed by atoms with van der Waals surface area (Å²) in [6.45, 7) is 3.87. The summed E-state index contributed by atoms with van der Waals surface area (Å²) in [6.07, 6.45) is 2.50. The Kier molecular flexibility index (Phi) is 6.63. The minimum atomic E-state index is -0.532. The molecule has 5 nitrogen and oxygen atoms in total. The molecular formula is C23H22O5. The maximum absolute atomic E-state index is 12.3. The molecule has 1 atom stereocenters. The molecule has 0 aliphatic carbocycles. The first-order valence-corrected chi connectivity index (χ1v) is 9.13. The van der Waals surface area contributed by atoms with Gasteiger partial charge in [-0.3, -0.25) is 0 Å². The first kappa shape index (κ1) is 19.4. The summed E-state index contributed by atoms with van der Waals surface area (Å²) in [5.74, 6) is -0.869. The Bertz CT molecular complexity index is 855. The second-order valence-corrected chi connectivity index (χ2v) is 6.33. The summed E-state index contributed by atoms with van der Waals surface area (Å²) in [7, 11) is 0. The fraction of sp³-hybridized carbons (Fsp3) is 0.217. The number of carbonyl (C=O) groups excluding carboxylic acids is 2. The van der Waals surface area contributed by atoms with Crippen LogP contribution < -0.4 is 0 Å². The molecule has 0 spiro atoms. The van der Waals surface area contributed by atoms with Crippen LogP contribution in [0.3, 0.4) is 0 Å². The van der Waals surface area contributed by atoms with E-state index in [4.69, 9.17) is 14.2 Å². The van der Waals surface area contributed by atoms with Crippen molar-refractivity contribution in [3.63, 3.8) is 0 Å². The fourth-order valence-corrected chi connectivity index (χ4v) is 2.87. The van der Waals surface area contributed by atoms with Crippen molar-refractivity contribution in [3.05, 3.63) is 95.8 Å². The van der Waals surface area contributed by atoms with E-state index in [1.807, 2.05) is 36.4 Å². The van der Waals surface area contributed by atoms with E-state index in [1.54, 1.807) is 30.3 Å². The molecule has 0 radical (unpaired) electrons. The Morgan fingerprint density at radius 1 is 1.04 bits per heavy atom. The molecule has 0 amide bonds. The van der Waals surface area contributed by atoms with Crippen LogP contribution in [0.4, 0.5) is 0 Å². The fourth-order valence-electron chi connectivity index (χ4n) is 2.87. The second-order valence-electron chi connectivity index (χ2n) is 6.33. The first-order valence-electron chi connectivity index (χ1n) is 9.13. The van der Waals surface area contributed by atoms with Gasteiger partial charge in [-0.05, 0) is 30.5 Å². The van der Waals surface area contributed by atoms with Crippen LogP contribution in [0.5, 0.6) is 0 Å². The number of allylic oxidation sites excluding steroid dienone is 1. The van der Waals surface area contributed by atoms with Gasteiger partial charge >= 0.3 is 11.9 Å². The molecule has 0 fully saturated rings. The quantitative estimate of drug-likeness (QED) is 0.483. The van der Waals surface area contributed by atoms with Crippen molar-refractivity contribution in [2.75, 3.05) is 6.61 Å². The van der Waals surface area contributed by atoms with Crippen LogP contribution in [-0.4, -0.2) is 24.6 Å². The van der Waals surface area contributed by atoms with E-state index < -0.39 is 18.0 Å². The zero-order chi connectivity index (χ0) is 19.8. The Morgan fingerprint density at radius 2 is 1.71 bits per heavy atom. The van der Waals surface area contributed by atoms with E-state index in [0.29, 0.717) is 24.0 Å². The van der Waals surface area contributed by atoms with Gasteiger partial charge in [0.1, 0.15) is 19.3 Å². The van der Waals surface area contributed by atoms with Gasteiger partial charge < -0.3 is 14.2 Å². The zero-order valence-corrected chi connectivity index (χ0v) is 15.5. The molecular weight excluding hydrogens is 356 g/mol. The minimum Gasteiger partial charge on any atom is -0.482 e. The lowest BCUT2D eigenvalue weighted by molar-refractivity contribution is -0.143. The van der Waals surface area contributed by atoms with Gasteiger partial charge in [0.05, 0.1) is 11.1 Å². The summed E-state index contributed by atoms with van der Waals surface area (Å²) < 4.78 is 16.6. The first-order chi connectivity index (χ1) is 13.7. The number of esters is 2. The molecule has 1 aliphatic rings. The lowest BCUT2D eigenvalue weighted by atomic mass is 10.1. The number of cyclic esters (lactones) is 1. The molecule has 3 rings (SSSR count). The van der Waals surface area contributed by atoms with Gasteiger partial charge in [-0.15, -0.1) is 6.58 Å². The van der Waals surface area contributed by atoms with Crippen LogP contribution in [0.1, 0.15) is 28.8 Å². The topological polar surface area (TPSA) is 61.8 Å². The Hall–Kier alpha value is -3.34. The molecule has 1 unspecified atom stereocenters. The number of rotatable bonds is 9. The molecule has 1 heterocycles. The highest BCUT2D eigenvalue weighted by Gasteiger charge is 2.36. The van der Waals surface area contributed by atoms with Gasteiger partial charge in [-0.25, -0.2) is 9.59 Å². The maximum Gasteiger partial charge on any atom is 0.374 e. The highest BCUT2D eigenvalue weighted by molar-refractivity contribution is 5.91. The summed E-state index contributed by atoms with van der Waals surface area (Å²) >= 11 is 0. The van der Waals surface area contributed by atoms with E-state index in [2.05, 4.69) is 6.58 Å². The molecule has 0 saturated carbocycles. The Morgan fingerprint density at radius 3 is 2.39 bits per heavy atom. The summed E-state index contributed by atoms with van der Waals surface area (Å²) in [6, 6.07) is 18.2. The monoisotopic (exact) mass is 378 g/mol. The van der Waals surface area contributed by atoms with Crippen molar-refractivity contribution in [3.8, 4) is 0 Å². The van der Waals surface area contributed by atoms with Crippen LogP contribution in [0.2, 0.25) is 0 Å². The van der Waals surface area contributed by atoms with Gasteiger partial charge in [-0.2, -0.15) is 0 Å². The van der Waals surface area contributed by atoms with Crippen LogP contribution >= 0.6 is 0 Å².